The first kappa shape index (κ1) is 18.9. The van der Waals surface area contributed by atoms with Crippen LogP contribution in [0.5, 0.6) is 0 Å². The molecule has 1 aliphatic heterocycles. The fourth-order valence-electron chi connectivity index (χ4n) is 1.31. The van der Waals surface area contributed by atoms with Crippen molar-refractivity contribution in [2.75, 3.05) is 13.2 Å². The summed E-state index contributed by atoms with van der Waals surface area (Å²) in [5.74, 6) is 1.20. The van der Waals surface area contributed by atoms with Gasteiger partial charge < -0.3 is 19.9 Å². The molecule has 8 nitrogen and oxygen atoms in total. The molecule has 0 saturated carbocycles. The van der Waals surface area contributed by atoms with Gasteiger partial charge in [-0.05, 0) is 20.8 Å². The van der Waals surface area contributed by atoms with Crippen molar-refractivity contribution in [1.29, 1.82) is 0 Å². The van der Waals surface area contributed by atoms with Gasteiger partial charge in [-0.2, -0.15) is 9.90 Å². The molecule has 8 heteroatoms. The molecule has 0 aromatic heterocycles. The van der Waals surface area contributed by atoms with Gasteiger partial charge in [0.2, 0.25) is 0 Å². The third-order valence-corrected chi connectivity index (χ3v) is 2.06. The van der Waals surface area contributed by atoms with Gasteiger partial charge in [0.25, 0.3) is 0 Å². The predicted octanol–water partition coefficient (Wildman–Crippen LogP) is 0.341. The largest absolute Gasteiger partial charge is 0.550 e. The Bertz CT molecular complexity index is 407. The summed E-state index contributed by atoms with van der Waals surface area (Å²) < 4.78 is 8.92. The van der Waals surface area contributed by atoms with E-state index in [9.17, 15) is 19.5 Å². The van der Waals surface area contributed by atoms with E-state index in [2.05, 4.69) is 10.1 Å². The molecule has 1 unspecified atom stereocenters. The lowest BCUT2D eigenvalue weighted by atomic mass is 10.2. The molecule has 119 valence electrons. The van der Waals surface area contributed by atoms with Crippen LogP contribution in [0.2, 0.25) is 0 Å². The number of esters is 1. The number of ether oxygens (including phenoxy) is 2. The Labute approximate surface area is 122 Å². The standard InChI is InChI=1S/C8H13O5.C5H7NO2/c1-8(2,3)13-6(9)4-5-12-7(10)11;7-3-4-1-5(8)2-6-4/h4-5H2,1-3H3;5-6,8H,1-2H2. The van der Waals surface area contributed by atoms with Crippen molar-refractivity contribution in [1.82, 2.24) is 5.32 Å². The molecule has 21 heavy (non-hydrogen) atoms. The fourth-order valence-corrected chi connectivity index (χ4v) is 1.31. The van der Waals surface area contributed by atoms with Crippen LogP contribution in [0, 0.1) is 0 Å². The van der Waals surface area contributed by atoms with E-state index in [-0.39, 0.29) is 19.1 Å². The highest BCUT2D eigenvalue weighted by atomic mass is 16.7. The lowest BCUT2D eigenvalue weighted by Crippen LogP contribution is -2.24. The van der Waals surface area contributed by atoms with Gasteiger partial charge in [0.1, 0.15) is 18.1 Å². The average molecular weight is 302 g/mol. The minimum absolute atomic E-state index is 0.0920. The van der Waals surface area contributed by atoms with Crippen molar-refractivity contribution in [2.24, 2.45) is 0 Å². The zero-order chi connectivity index (χ0) is 16.5. The van der Waals surface area contributed by atoms with Gasteiger partial charge in [0.15, 0.2) is 0 Å². The number of aliphatic hydroxyl groups excluding tert-OH is 1. The zero-order valence-electron chi connectivity index (χ0n) is 12.3. The topological polar surface area (TPSA) is 122 Å². The molecule has 1 heterocycles. The first-order valence-corrected chi connectivity index (χ1v) is 6.35. The van der Waals surface area contributed by atoms with E-state index in [1.165, 1.54) is 0 Å². The van der Waals surface area contributed by atoms with Gasteiger partial charge in [-0.25, -0.2) is 4.79 Å². The van der Waals surface area contributed by atoms with Crippen molar-refractivity contribution in [2.45, 2.75) is 45.3 Å². The summed E-state index contributed by atoms with van der Waals surface area (Å²) in [4.78, 5) is 30.5. The van der Waals surface area contributed by atoms with E-state index < -0.39 is 17.7 Å². The highest BCUT2D eigenvalue weighted by molar-refractivity contribution is 5.70. The summed E-state index contributed by atoms with van der Waals surface area (Å²) in [6.07, 6.45) is -1.68. The summed E-state index contributed by atoms with van der Waals surface area (Å²) in [6.45, 7) is 5.45. The predicted molar refractivity (Wildman–Crippen MR) is 70.3 cm³/mol. The SMILES string of the molecule is CC(C)(C)OC(=O)CCOC([O])=O.O=C=C1CC(O)CN1. The van der Waals surface area contributed by atoms with Crippen LogP contribution < -0.4 is 5.32 Å². The van der Waals surface area contributed by atoms with Crippen LogP contribution in [0.1, 0.15) is 33.6 Å². The zero-order valence-corrected chi connectivity index (χ0v) is 12.3. The monoisotopic (exact) mass is 302 g/mol. The second-order valence-corrected chi connectivity index (χ2v) is 5.25. The quantitative estimate of drug-likeness (QED) is 0.569. The molecule has 2 N–H and O–H groups in total. The Morgan fingerprint density at radius 3 is 2.38 bits per heavy atom. The average Bonchev–Trinajstić information content (AvgIpc) is 2.73. The number of hydrogen-bond donors (Lipinski definition) is 2. The third kappa shape index (κ3) is 11.5. The number of nitrogens with one attached hydrogen (secondary N) is 1. The fraction of sp³-hybridized carbons (Fsp3) is 0.692. The number of carbonyl (C=O) groups is 2. The van der Waals surface area contributed by atoms with E-state index in [1.54, 1.807) is 26.7 Å². The van der Waals surface area contributed by atoms with E-state index in [0.717, 1.165) is 0 Å². The summed E-state index contributed by atoms with van der Waals surface area (Å²) in [5, 5.41) is 21.2. The van der Waals surface area contributed by atoms with Crippen LogP contribution >= 0.6 is 0 Å². The molecule has 0 aliphatic carbocycles. The smallest absolute Gasteiger partial charge is 0.460 e. The van der Waals surface area contributed by atoms with E-state index in [0.29, 0.717) is 18.7 Å². The molecule has 1 fully saturated rings. The Kier molecular flexibility index (Phi) is 8.11. The van der Waals surface area contributed by atoms with Crippen LogP contribution in [0.25, 0.3) is 0 Å². The summed E-state index contributed by atoms with van der Waals surface area (Å²) in [7, 11) is 0. The molecule has 0 bridgehead atoms. The first-order chi connectivity index (χ1) is 9.64. The first-order valence-electron chi connectivity index (χ1n) is 6.35. The van der Waals surface area contributed by atoms with Crippen molar-refractivity contribution >= 4 is 18.1 Å². The number of β-amino-alcohol motifs (C(OH)–C–C–N with tert-alkyl or cyclic N) is 1. The minimum Gasteiger partial charge on any atom is -0.460 e. The van der Waals surface area contributed by atoms with Crippen molar-refractivity contribution in [3.63, 3.8) is 0 Å². The van der Waals surface area contributed by atoms with Crippen molar-refractivity contribution in [3.8, 4) is 0 Å². The van der Waals surface area contributed by atoms with Crippen LogP contribution in [0.3, 0.4) is 0 Å². The van der Waals surface area contributed by atoms with Gasteiger partial charge >= 0.3 is 12.1 Å². The molecule has 0 aromatic rings. The molecular formula is C13H20NO7. The van der Waals surface area contributed by atoms with Crippen molar-refractivity contribution < 1.29 is 34.1 Å². The number of rotatable bonds is 3. The summed E-state index contributed by atoms with van der Waals surface area (Å²) in [5.41, 5.74) is -0.0732. The Morgan fingerprint density at radius 1 is 1.43 bits per heavy atom. The molecule has 1 rings (SSSR count). The highest BCUT2D eigenvalue weighted by Gasteiger charge is 2.16. The van der Waals surface area contributed by atoms with Gasteiger partial charge in [0, 0.05) is 13.0 Å². The highest BCUT2D eigenvalue weighted by Crippen LogP contribution is 2.08. The van der Waals surface area contributed by atoms with Crippen LogP contribution in [0.4, 0.5) is 4.79 Å². The van der Waals surface area contributed by atoms with Gasteiger partial charge in [-0.1, -0.05) is 0 Å². The maximum absolute atomic E-state index is 10.9. The number of aliphatic hydroxyl groups is 1. The lowest BCUT2D eigenvalue weighted by molar-refractivity contribution is -0.155. The maximum Gasteiger partial charge on any atom is 0.550 e. The molecular weight excluding hydrogens is 282 g/mol. The Hall–Kier alpha value is -2.05. The second-order valence-electron chi connectivity index (χ2n) is 5.25. The van der Waals surface area contributed by atoms with E-state index in [1.807, 2.05) is 0 Å². The Morgan fingerprint density at radius 2 is 2.05 bits per heavy atom. The van der Waals surface area contributed by atoms with E-state index >= 15 is 0 Å². The lowest BCUT2D eigenvalue weighted by Gasteiger charge is -2.19. The number of carbonyl (C=O) groups excluding carboxylic acids is 3. The molecule has 1 radical (unpaired) electrons. The molecule has 0 spiro atoms. The third-order valence-electron chi connectivity index (χ3n) is 2.06. The molecule has 1 atom stereocenters. The van der Waals surface area contributed by atoms with Crippen LogP contribution in [-0.4, -0.2) is 48.0 Å². The second kappa shape index (κ2) is 8.99. The maximum atomic E-state index is 10.9. The normalized spacial score (nSPS) is 17.0. The van der Waals surface area contributed by atoms with Gasteiger partial charge in [-0.15, -0.1) is 0 Å². The molecule has 1 saturated heterocycles. The van der Waals surface area contributed by atoms with E-state index in [4.69, 9.17) is 9.84 Å². The van der Waals surface area contributed by atoms with Crippen molar-refractivity contribution in [3.05, 3.63) is 5.70 Å². The molecule has 0 aromatic carbocycles. The van der Waals surface area contributed by atoms with Gasteiger partial charge in [-0.3, -0.25) is 4.79 Å². The van der Waals surface area contributed by atoms with Gasteiger partial charge in [0.05, 0.1) is 18.2 Å². The summed E-state index contributed by atoms with van der Waals surface area (Å²) >= 11 is 0. The minimum atomic E-state index is -1.64. The van der Waals surface area contributed by atoms with Crippen LogP contribution in [-0.2, 0) is 24.2 Å². The summed E-state index contributed by atoms with van der Waals surface area (Å²) in [6, 6.07) is 0. The number of hydrogen-bond acceptors (Lipinski definition) is 7. The Balaban J connectivity index is 0.000000423. The molecule has 0 amide bonds. The van der Waals surface area contributed by atoms with Crippen LogP contribution in [0.15, 0.2) is 5.70 Å². The molecule has 1 aliphatic rings.